The molecule has 7 heteroatoms. The van der Waals surface area contributed by atoms with Gasteiger partial charge in [0.1, 0.15) is 13.2 Å². The van der Waals surface area contributed by atoms with Gasteiger partial charge in [-0.25, -0.2) is 0 Å². The normalized spacial score (nSPS) is 13.4. The van der Waals surface area contributed by atoms with Gasteiger partial charge in [-0.2, -0.15) is 0 Å². The molecule has 0 saturated heterocycles. The molecule has 1 atom stereocenters. The van der Waals surface area contributed by atoms with Crippen LogP contribution in [0.25, 0.3) is 0 Å². The molecule has 1 unspecified atom stereocenters. The zero-order valence-electron chi connectivity index (χ0n) is 16.9. The van der Waals surface area contributed by atoms with Gasteiger partial charge in [0.15, 0.2) is 24.6 Å². The predicted molar refractivity (Wildman–Crippen MR) is 112 cm³/mol. The van der Waals surface area contributed by atoms with Gasteiger partial charge < -0.3 is 25.0 Å². The molecule has 3 N–H and O–H groups in total. The Balaban J connectivity index is 1.50. The van der Waals surface area contributed by atoms with Crippen LogP contribution in [-0.4, -0.2) is 44.7 Å². The van der Waals surface area contributed by atoms with Crippen LogP contribution < -0.4 is 25.0 Å². The number of amides is 2. The first-order valence-electron chi connectivity index (χ1n) is 9.99. The van der Waals surface area contributed by atoms with Crippen molar-refractivity contribution in [1.29, 1.82) is 0 Å². The van der Waals surface area contributed by atoms with Crippen LogP contribution in [-0.2, 0) is 16.0 Å². The van der Waals surface area contributed by atoms with Crippen LogP contribution in [0.4, 0.5) is 11.4 Å². The molecule has 0 fully saturated rings. The average molecular weight is 398 g/mol. The molecule has 154 valence electrons. The Bertz CT molecular complexity index is 852. The number of aryl methyl sites for hydroxylation is 1. The summed E-state index contributed by atoms with van der Waals surface area (Å²) in [5, 5.41) is 5.76. The van der Waals surface area contributed by atoms with E-state index in [4.69, 9.17) is 9.47 Å². The van der Waals surface area contributed by atoms with Gasteiger partial charge in [-0.15, -0.1) is 0 Å². The molecular formula is C22H28N3O4+. The number of likely N-dealkylation sites (N-methyl/N-ethyl adjacent to an activating group) is 1. The minimum Gasteiger partial charge on any atom is -0.486 e. The van der Waals surface area contributed by atoms with Crippen LogP contribution in [0, 0.1) is 0 Å². The van der Waals surface area contributed by atoms with Gasteiger partial charge in [-0.1, -0.05) is 19.1 Å². The molecule has 2 amide bonds. The maximum absolute atomic E-state index is 12.4. The highest BCUT2D eigenvalue weighted by molar-refractivity contribution is 5.93. The van der Waals surface area contributed by atoms with Crippen molar-refractivity contribution in [3.63, 3.8) is 0 Å². The van der Waals surface area contributed by atoms with Gasteiger partial charge in [-0.05, 0) is 43.2 Å². The van der Waals surface area contributed by atoms with Crippen LogP contribution in [0.2, 0.25) is 0 Å². The number of hydrogen-bond donors (Lipinski definition) is 3. The monoisotopic (exact) mass is 398 g/mol. The fourth-order valence-corrected chi connectivity index (χ4v) is 3.12. The van der Waals surface area contributed by atoms with Crippen molar-refractivity contribution in [2.24, 2.45) is 0 Å². The third kappa shape index (κ3) is 5.96. The number of fused-ring (bicyclic) bond motifs is 1. The van der Waals surface area contributed by atoms with E-state index in [9.17, 15) is 9.59 Å². The summed E-state index contributed by atoms with van der Waals surface area (Å²) in [4.78, 5) is 25.6. The maximum Gasteiger partial charge on any atom is 0.279 e. The summed E-state index contributed by atoms with van der Waals surface area (Å²) < 4.78 is 11.0. The first kappa shape index (κ1) is 20.7. The fraction of sp³-hybridized carbons (Fsp3) is 0.364. The van der Waals surface area contributed by atoms with E-state index in [1.807, 2.05) is 31.2 Å². The average Bonchev–Trinajstić information content (AvgIpc) is 2.73. The third-order valence-corrected chi connectivity index (χ3v) is 4.79. The molecule has 0 aliphatic carbocycles. The number of benzene rings is 2. The number of quaternary nitrogens is 1. The van der Waals surface area contributed by atoms with Gasteiger partial charge in [0.2, 0.25) is 0 Å². The standard InChI is InChI=1S/C22H27N3O4/c1-3-16-5-7-17(8-6-16)23-21(26)14-25(4-2)15-22(27)24-18-9-10-19-20(13-18)29-12-11-28-19/h5-10,13H,3-4,11-12,14-15H2,1-2H3,(H,23,26)(H,24,27)/p+1. The number of anilines is 2. The molecule has 0 spiro atoms. The Hall–Kier alpha value is -3.06. The molecule has 29 heavy (non-hydrogen) atoms. The highest BCUT2D eigenvalue weighted by Crippen LogP contribution is 2.32. The van der Waals surface area contributed by atoms with E-state index in [0.717, 1.165) is 17.0 Å². The molecule has 2 aromatic rings. The van der Waals surface area contributed by atoms with Crippen molar-refractivity contribution >= 4 is 23.2 Å². The van der Waals surface area contributed by atoms with Crippen LogP contribution in [0.5, 0.6) is 11.5 Å². The second-order valence-electron chi connectivity index (χ2n) is 6.96. The minimum absolute atomic E-state index is 0.113. The Labute approximate surface area is 171 Å². The smallest absolute Gasteiger partial charge is 0.279 e. The molecule has 0 bridgehead atoms. The second kappa shape index (κ2) is 9.93. The zero-order valence-corrected chi connectivity index (χ0v) is 16.9. The summed E-state index contributed by atoms with van der Waals surface area (Å²) >= 11 is 0. The van der Waals surface area contributed by atoms with E-state index in [1.165, 1.54) is 5.56 Å². The summed E-state index contributed by atoms with van der Waals surface area (Å²) in [5.74, 6) is 1.04. The summed E-state index contributed by atoms with van der Waals surface area (Å²) in [7, 11) is 0. The van der Waals surface area contributed by atoms with Gasteiger partial charge in [-0.3, -0.25) is 9.59 Å². The van der Waals surface area contributed by atoms with Crippen molar-refractivity contribution in [3.05, 3.63) is 48.0 Å². The maximum atomic E-state index is 12.4. The molecule has 2 aromatic carbocycles. The predicted octanol–water partition coefficient (Wildman–Crippen LogP) is 1.50. The number of carbonyl (C=O) groups excluding carboxylic acids is 2. The first-order valence-corrected chi connectivity index (χ1v) is 9.99. The van der Waals surface area contributed by atoms with Gasteiger partial charge in [0, 0.05) is 17.4 Å². The molecule has 0 radical (unpaired) electrons. The largest absolute Gasteiger partial charge is 0.486 e. The van der Waals surface area contributed by atoms with E-state index in [0.29, 0.717) is 36.9 Å². The Morgan fingerprint density at radius 2 is 1.45 bits per heavy atom. The van der Waals surface area contributed by atoms with Crippen LogP contribution in [0.3, 0.4) is 0 Å². The van der Waals surface area contributed by atoms with E-state index >= 15 is 0 Å². The minimum atomic E-state index is -0.154. The summed E-state index contributed by atoms with van der Waals surface area (Å²) in [6, 6.07) is 13.1. The lowest BCUT2D eigenvalue weighted by atomic mass is 10.1. The molecular weight excluding hydrogens is 370 g/mol. The summed E-state index contributed by atoms with van der Waals surface area (Å²) in [6.07, 6.45) is 0.959. The lowest BCUT2D eigenvalue weighted by molar-refractivity contribution is -0.881. The van der Waals surface area contributed by atoms with E-state index < -0.39 is 0 Å². The van der Waals surface area contributed by atoms with Crippen molar-refractivity contribution in [2.45, 2.75) is 20.3 Å². The first-order chi connectivity index (χ1) is 14.1. The zero-order chi connectivity index (χ0) is 20.6. The highest BCUT2D eigenvalue weighted by atomic mass is 16.6. The van der Waals surface area contributed by atoms with E-state index in [1.54, 1.807) is 18.2 Å². The number of hydrogen-bond acceptors (Lipinski definition) is 4. The Morgan fingerprint density at radius 1 is 0.862 bits per heavy atom. The fourth-order valence-electron chi connectivity index (χ4n) is 3.12. The Morgan fingerprint density at radius 3 is 2.07 bits per heavy atom. The van der Waals surface area contributed by atoms with Crippen LogP contribution >= 0.6 is 0 Å². The quantitative estimate of drug-likeness (QED) is 0.630. The van der Waals surface area contributed by atoms with Crippen LogP contribution in [0.1, 0.15) is 19.4 Å². The van der Waals surface area contributed by atoms with Crippen molar-refractivity contribution in [1.82, 2.24) is 0 Å². The Kier molecular flexibility index (Phi) is 7.08. The van der Waals surface area contributed by atoms with Crippen molar-refractivity contribution in [2.75, 3.05) is 43.5 Å². The topological polar surface area (TPSA) is 81.1 Å². The SMILES string of the molecule is CCc1ccc(NC(=O)C[NH+](CC)CC(=O)Nc2ccc3c(c2)OCCO3)cc1. The van der Waals surface area contributed by atoms with E-state index in [-0.39, 0.29) is 24.9 Å². The second-order valence-corrected chi connectivity index (χ2v) is 6.96. The number of ether oxygens (including phenoxy) is 2. The number of carbonyl (C=O) groups is 2. The van der Waals surface area contributed by atoms with Gasteiger partial charge >= 0.3 is 0 Å². The summed E-state index contributed by atoms with van der Waals surface area (Å²) in [6.45, 7) is 6.15. The summed E-state index contributed by atoms with van der Waals surface area (Å²) in [5.41, 5.74) is 2.64. The van der Waals surface area contributed by atoms with E-state index in [2.05, 4.69) is 17.6 Å². The van der Waals surface area contributed by atoms with Crippen molar-refractivity contribution < 1.29 is 24.0 Å². The third-order valence-electron chi connectivity index (χ3n) is 4.79. The lowest BCUT2D eigenvalue weighted by Gasteiger charge is -2.20. The highest BCUT2D eigenvalue weighted by Gasteiger charge is 2.18. The molecule has 0 aromatic heterocycles. The van der Waals surface area contributed by atoms with Gasteiger partial charge in [0.05, 0.1) is 6.54 Å². The molecule has 1 heterocycles. The molecule has 1 aliphatic heterocycles. The lowest BCUT2D eigenvalue weighted by Crippen LogP contribution is -3.13. The van der Waals surface area contributed by atoms with Crippen LogP contribution in [0.15, 0.2) is 42.5 Å². The molecule has 3 rings (SSSR count). The number of rotatable bonds is 8. The molecule has 0 saturated carbocycles. The van der Waals surface area contributed by atoms with Crippen molar-refractivity contribution in [3.8, 4) is 11.5 Å². The van der Waals surface area contributed by atoms with Gasteiger partial charge in [0.25, 0.3) is 11.8 Å². The molecule has 1 aliphatic rings. The number of nitrogens with one attached hydrogen (secondary N) is 3. The molecule has 7 nitrogen and oxygen atoms in total.